The summed E-state index contributed by atoms with van der Waals surface area (Å²) in [5.74, 6) is 0.581. The highest BCUT2D eigenvalue weighted by Gasteiger charge is 2.16. The molecule has 1 aromatic carbocycles. The molecular weight excluding hydrogens is 276 g/mol. The highest BCUT2D eigenvalue weighted by atomic mass is 32.1. The zero-order valence-corrected chi connectivity index (χ0v) is 14.3. The second-order valence-electron chi connectivity index (χ2n) is 6.77. The lowest BCUT2D eigenvalue weighted by molar-refractivity contribution is 0.367. The number of hydrogen-bond donors (Lipinski definition) is 1. The van der Waals surface area contributed by atoms with Gasteiger partial charge < -0.3 is 5.32 Å². The third-order valence-corrected chi connectivity index (χ3v) is 4.41. The molecule has 0 radical (unpaired) electrons. The lowest BCUT2D eigenvalue weighted by atomic mass is 9.95. The van der Waals surface area contributed by atoms with Gasteiger partial charge in [0.05, 0.1) is 5.01 Å². The Labute approximate surface area is 132 Å². The lowest BCUT2D eigenvalue weighted by Gasteiger charge is -2.25. The molecule has 21 heavy (non-hydrogen) atoms. The molecule has 0 saturated carbocycles. The van der Waals surface area contributed by atoms with E-state index in [2.05, 4.69) is 73.7 Å². The van der Waals surface area contributed by atoms with Crippen LogP contribution in [0.4, 0.5) is 0 Å². The summed E-state index contributed by atoms with van der Waals surface area (Å²) in [4.78, 5) is 4.63. The third kappa shape index (κ3) is 5.98. The summed E-state index contributed by atoms with van der Waals surface area (Å²) in [6.45, 7) is 9.76. The number of rotatable bonds is 6. The smallest absolute Gasteiger partial charge is 0.0931 e. The number of aryl methyl sites for hydroxylation is 1. The van der Waals surface area contributed by atoms with Crippen molar-refractivity contribution < 1.29 is 0 Å². The lowest BCUT2D eigenvalue weighted by Crippen LogP contribution is -2.40. The van der Waals surface area contributed by atoms with Gasteiger partial charge in [-0.15, -0.1) is 11.3 Å². The first-order chi connectivity index (χ1) is 9.92. The Hall–Kier alpha value is -1.19. The molecule has 0 bridgehead atoms. The molecule has 0 amide bonds. The van der Waals surface area contributed by atoms with E-state index in [4.69, 9.17) is 0 Å². The van der Waals surface area contributed by atoms with E-state index >= 15 is 0 Å². The monoisotopic (exact) mass is 302 g/mol. The average molecular weight is 302 g/mol. The van der Waals surface area contributed by atoms with E-state index in [1.807, 2.05) is 0 Å². The molecule has 3 heteroatoms. The topological polar surface area (TPSA) is 24.9 Å². The van der Waals surface area contributed by atoms with Gasteiger partial charge in [-0.25, -0.2) is 4.98 Å². The maximum absolute atomic E-state index is 4.63. The maximum Gasteiger partial charge on any atom is 0.0931 e. The summed E-state index contributed by atoms with van der Waals surface area (Å²) in [7, 11) is 0. The van der Waals surface area contributed by atoms with Crippen LogP contribution < -0.4 is 5.32 Å². The molecule has 0 aliphatic heterocycles. The van der Waals surface area contributed by atoms with Crippen molar-refractivity contribution in [3.8, 4) is 0 Å². The molecule has 1 N–H and O–H groups in total. The fourth-order valence-corrected chi connectivity index (χ4v) is 3.25. The Morgan fingerprint density at radius 3 is 2.43 bits per heavy atom. The van der Waals surface area contributed by atoms with Gasteiger partial charge in [0.2, 0.25) is 0 Å². The molecule has 114 valence electrons. The molecule has 2 rings (SSSR count). The standard InChI is InChI=1S/C18H26N2S/c1-14-13-21-17(20-14)11-16(12-19-18(2,3)4)10-15-8-6-5-7-9-15/h5-9,13,16,19H,10-12H2,1-4H3. The fraction of sp³-hybridized carbons (Fsp3) is 0.500. The SMILES string of the molecule is Cc1csc(CC(CNC(C)(C)C)Cc2ccccc2)n1. The second-order valence-corrected chi connectivity index (χ2v) is 7.72. The summed E-state index contributed by atoms with van der Waals surface area (Å²) in [5.41, 5.74) is 2.71. The van der Waals surface area contributed by atoms with Crippen LogP contribution in [0.25, 0.3) is 0 Å². The van der Waals surface area contributed by atoms with Crippen molar-refractivity contribution in [1.82, 2.24) is 10.3 Å². The van der Waals surface area contributed by atoms with E-state index < -0.39 is 0 Å². The fourth-order valence-electron chi connectivity index (χ4n) is 2.36. The molecular formula is C18H26N2S. The molecule has 0 spiro atoms. The Bertz CT molecular complexity index is 540. The summed E-state index contributed by atoms with van der Waals surface area (Å²) in [6.07, 6.45) is 2.15. The number of thiazole rings is 1. The highest BCUT2D eigenvalue weighted by molar-refractivity contribution is 7.09. The quantitative estimate of drug-likeness (QED) is 0.863. The molecule has 1 atom stereocenters. The Morgan fingerprint density at radius 2 is 1.86 bits per heavy atom. The van der Waals surface area contributed by atoms with Crippen LogP contribution >= 0.6 is 11.3 Å². The van der Waals surface area contributed by atoms with Crippen LogP contribution in [0.3, 0.4) is 0 Å². The summed E-state index contributed by atoms with van der Waals surface area (Å²) >= 11 is 1.78. The zero-order valence-electron chi connectivity index (χ0n) is 13.5. The van der Waals surface area contributed by atoms with Gasteiger partial charge in [0, 0.05) is 23.0 Å². The Morgan fingerprint density at radius 1 is 1.14 bits per heavy atom. The van der Waals surface area contributed by atoms with Crippen molar-refractivity contribution in [2.45, 2.75) is 46.1 Å². The van der Waals surface area contributed by atoms with Crippen LogP contribution in [0.15, 0.2) is 35.7 Å². The van der Waals surface area contributed by atoms with Crippen molar-refractivity contribution in [3.05, 3.63) is 52.0 Å². The molecule has 1 unspecified atom stereocenters. The van der Waals surface area contributed by atoms with E-state index in [0.29, 0.717) is 5.92 Å². The average Bonchev–Trinajstić information content (AvgIpc) is 2.82. The molecule has 2 aromatic rings. The first-order valence-corrected chi connectivity index (χ1v) is 8.50. The minimum absolute atomic E-state index is 0.160. The summed E-state index contributed by atoms with van der Waals surface area (Å²) in [6, 6.07) is 10.8. The van der Waals surface area contributed by atoms with Crippen LogP contribution in [0.2, 0.25) is 0 Å². The van der Waals surface area contributed by atoms with Gasteiger partial charge in [-0.2, -0.15) is 0 Å². The predicted octanol–water partition coefficient (Wildman–Crippen LogP) is 4.24. The number of hydrogen-bond acceptors (Lipinski definition) is 3. The van der Waals surface area contributed by atoms with Crippen molar-refractivity contribution in [2.24, 2.45) is 5.92 Å². The largest absolute Gasteiger partial charge is 0.312 e. The van der Waals surface area contributed by atoms with Gasteiger partial charge in [-0.05, 0) is 52.1 Å². The highest BCUT2D eigenvalue weighted by Crippen LogP contribution is 2.18. The van der Waals surface area contributed by atoms with Crippen LogP contribution in [-0.4, -0.2) is 17.1 Å². The van der Waals surface area contributed by atoms with Gasteiger partial charge in [-0.3, -0.25) is 0 Å². The van der Waals surface area contributed by atoms with Gasteiger partial charge >= 0.3 is 0 Å². The molecule has 0 aliphatic carbocycles. The number of nitrogens with one attached hydrogen (secondary N) is 1. The molecule has 1 heterocycles. The molecule has 0 fully saturated rings. The van der Waals surface area contributed by atoms with Crippen molar-refractivity contribution in [1.29, 1.82) is 0 Å². The van der Waals surface area contributed by atoms with E-state index in [9.17, 15) is 0 Å². The summed E-state index contributed by atoms with van der Waals surface area (Å²) < 4.78 is 0. The molecule has 1 aromatic heterocycles. The predicted molar refractivity (Wildman–Crippen MR) is 91.9 cm³/mol. The molecule has 0 aliphatic rings. The van der Waals surface area contributed by atoms with E-state index in [0.717, 1.165) is 25.1 Å². The third-order valence-electron chi connectivity index (χ3n) is 3.42. The number of benzene rings is 1. The minimum atomic E-state index is 0.160. The maximum atomic E-state index is 4.63. The second kappa shape index (κ2) is 7.19. The Kier molecular flexibility index (Phi) is 5.54. The number of aromatic nitrogens is 1. The van der Waals surface area contributed by atoms with Crippen molar-refractivity contribution in [3.63, 3.8) is 0 Å². The number of nitrogens with zero attached hydrogens (tertiary/aromatic N) is 1. The van der Waals surface area contributed by atoms with Crippen molar-refractivity contribution >= 4 is 11.3 Å². The van der Waals surface area contributed by atoms with E-state index in [-0.39, 0.29) is 5.54 Å². The zero-order chi connectivity index (χ0) is 15.3. The molecule has 0 saturated heterocycles. The van der Waals surface area contributed by atoms with Crippen molar-refractivity contribution in [2.75, 3.05) is 6.54 Å². The van der Waals surface area contributed by atoms with E-state index in [1.54, 1.807) is 11.3 Å². The van der Waals surface area contributed by atoms with Crippen LogP contribution in [0.5, 0.6) is 0 Å². The minimum Gasteiger partial charge on any atom is -0.312 e. The Balaban J connectivity index is 2.02. The summed E-state index contributed by atoms with van der Waals surface area (Å²) in [5, 5.41) is 7.04. The van der Waals surface area contributed by atoms with Crippen LogP contribution in [-0.2, 0) is 12.8 Å². The van der Waals surface area contributed by atoms with Gasteiger partial charge in [0.15, 0.2) is 0 Å². The van der Waals surface area contributed by atoms with E-state index in [1.165, 1.54) is 10.6 Å². The van der Waals surface area contributed by atoms with Gasteiger partial charge in [0.25, 0.3) is 0 Å². The van der Waals surface area contributed by atoms with Gasteiger partial charge in [-0.1, -0.05) is 30.3 Å². The first-order valence-electron chi connectivity index (χ1n) is 7.62. The van der Waals surface area contributed by atoms with Crippen LogP contribution in [0, 0.1) is 12.8 Å². The van der Waals surface area contributed by atoms with Crippen LogP contribution in [0.1, 0.15) is 37.0 Å². The normalized spacial score (nSPS) is 13.3. The first kappa shape index (κ1) is 16.2. The molecule has 2 nitrogen and oxygen atoms in total. The van der Waals surface area contributed by atoms with Gasteiger partial charge in [0.1, 0.15) is 0 Å².